The lowest BCUT2D eigenvalue weighted by Crippen LogP contribution is -2.53. The number of halogens is 2. The molecule has 0 saturated heterocycles. The van der Waals surface area contributed by atoms with E-state index < -0.39 is 18.0 Å². The summed E-state index contributed by atoms with van der Waals surface area (Å²) in [5, 5.41) is 17.9. The number of benzene rings is 2. The number of nitrogens with one attached hydrogen (secondary N) is 2. The number of aliphatic hydroxyl groups excluding tert-OH is 1. The van der Waals surface area contributed by atoms with Crippen LogP contribution in [-0.4, -0.2) is 63.2 Å². The Morgan fingerprint density at radius 3 is 2.46 bits per heavy atom. The summed E-state index contributed by atoms with van der Waals surface area (Å²) >= 11 is 0. The van der Waals surface area contributed by atoms with Crippen molar-refractivity contribution in [2.45, 2.75) is 82.9 Å². The number of amides is 1. The number of ether oxygens (including phenoxy) is 3. The van der Waals surface area contributed by atoms with E-state index in [1.807, 2.05) is 0 Å². The third-order valence-electron chi connectivity index (χ3n) is 7.63. The van der Waals surface area contributed by atoms with Crippen molar-refractivity contribution in [2.24, 2.45) is 0 Å². The molecule has 0 spiro atoms. The van der Waals surface area contributed by atoms with Crippen molar-refractivity contribution in [3.8, 4) is 5.75 Å². The first-order valence-electron chi connectivity index (χ1n) is 14.5. The first-order valence-corrected chi connectivity index (χ1v) is 14.5. The lowest BCUT2D eigenvalue weighted by molar-refractivity contribution is -0.120. The van der Waals surface area contributed by atoms with E-state index in [0.717, 1.165) is 25.7 Å². The van der Waals surface area contributed by atoms with Gasteiger partial charge in [0.15, 0.2) is 0 Å². The lowest BCUT2D eigenvalue weighted by Gasteiger charge is -2.40. The van der Waals surface area contributed by atoms with Crippen molar-refractivity contribution >= 4 is 18.3 Å². The molecule has 1 saturated carbocycles. The van der Waals surface area contributed by atoms with Gasteiger partial charge in [-0.15, -0.1) is 12.4 Å². The summed E-state index contributed by atoms with van der Waals surface area (Å²) in [5.74, 6) is 0.125. The smallest absolute Gasteiger partial charge is 0.217 e. The summed E-state index contributed by atoms with van der Waals surface area (Å²) in [6.45, 7) is 7.71. The zero-order valence-corrected chi connectivity index (χ0v) is 25.7. The molecule has 9 heteroatoms. The van der Waals surface area contributed by atoms with E-state index in [9.17, 15) is 14.3 Å². The van der Waals surface area contributed by atoms with Crippen molar-refractivity contribution in [3.63, 3.8) is 0 Å². The highest BCUT2D eigenvalue weighted by Crippen LogP contribution is 2.38. The van der Waals surface area contributed by atoms with Crippen LogP contribution in [-0.2, 0) is 26.2 Å². The molecule has 1 aliphatic carbocycles. The molecule has 0 bridgehead atoms. The monoisotopic (exact) mass is 594 g/mol. The van der Waals surface area contributed by atoms with Crippen LogP contribution in [0.5, 0.6) is 5.75 Å². The molecule has 41 heavy (non-hydrogen) atoms. The van der Waals surface area contributed by atoms with Crippen LogP contribution in [0.1, 0.15) is 75.5 Å². The third-order valence-corrected chi connectivity index (χ3v) is 7.63. The molecule has 2 aromatic rings. The SMILES string of the molecule is COCCOCCOc1cc(F)cc(C[C@H](NC(C)=O)[C@@H](O)CNC2(c3cccc(C(C)C)c3)CCCCC2)c1.Cl. The van der Waals surface area contributed by atoms with Crippen LogP contribution in [0.4, 0.5) is 4.39 Å². The Bertz CT molecular complexity index is 1060. The molecule has 1 fully saturated rings. The molecule has 0 unspecified atom stereocenters. The van der Waals surface area contributed by atoms with Crippen molar-refractivity contribution < 1.29 is 28.5 Å². The van der Waals surface area contributed by atoms with E-state index in [4.69, 9.17) is 14.2 Å². The Morgan fingerprint density at radius 1 is 1.05 bits per heavy atom. The number of methoxy groups -OCH3 is 1. The number of aliphatic hydroxyl groups is 1. The molecule has 2 atom stereocenters. The van der Waals surface area contributed by atoms with Crippen LogP contribution in [0.2, 0.25) is 0 Å². The standard InChI is InChI=1S/C32H47FN2O5.ClH/c1-23(2)26-9-8-10-27(20-26)32(11-6-5-7-12-32)34-22-31(37)30(35-24(3)36)19-25-17-28(33)21-29(18-25)40-16-15-39-14-13-38-4;/h8-10,17-18,20-21,23,30-31,34,37H,5-7,11-16,19,22H2,1-4H3,(H,35,36);1H/t30-,31-;/m0./s1. The Morgan fingerprint density at radius 2 is 1.78 bits per heavy atom. The van der Waals surface area contributed by atoms with Crippen molar-refractivity contribution in [2.75, 3.05) is 40.1 Å². The predicted molar refractivity (Wildman–Crippen MR) is 162 cm³/mol. The molecule has 2 aromatic carbocycles. The average molecular weight is 595 g/mol. The Hall–Kier alpha value is -2.23. The summed E-state index contributed by atoms with van der Waals surface area (Å²) in [6.07, 6.45) is 4.81. The molecule has 1 aliphatic rings. The molecule has 0 aliphatic heterocycles. The van der Waals surface area contributed by atoms with Crippen LogP contribution in [0.15, 0.2) is 42.5 Å². The number of hydrogen-bond donors (Lipinski definition) is 3. The van der Waals surface area contributed by atoms with Crippen LogP contribution in [0, 0.1) is 5.82 Å². The van der Waals surface area contributed by atoms with Gasteiger partial charge in [0.1, 0.15) is 18.2 Å². The minimum Gasteiger partial charge on any atom is -0.491 e. The average Bonchev–Trinajstić information content (AvgIpc) is 2.93. The van der Waals surface area contributed by atoms with Gasteiger partial charge in [-0.25, -0.2) is 4.39 Å². The van der Waals surface area contributed by atoms with E-state index in [-0.39, 0.29) is 36.9 Å². The highest BCUT2D eigenvalue weighted by molar-refractivity contribution is 5.85. The summed E-state index contributed by atoms with van der Waals surface area (Å²) in [5.41, 5.74) is 2.95. The molecule has 0 aromatic heterocycles. The Labute approximate surface area is 250 Å². The quantitative estimate of drug-likeness (QED) is 0.230. The molecule has 1 amide bonds. The highest BCUT2D eigenvalue weighted by Gasteiger charge is 2.35. The molecular weight excluding hydrogens is 547 g/mol. The second kappa shape index (κ2) is 17.7. The first-order chi connectivity index (χ1) is 19.2. The van der Waals surface area contributed by atoms with Gasteiger partial charge in [0.2, 0.25) is 5.91 Å². The van der Waals surface area contributed by atoms with E-state index in [0.29, 0.717) is 43.6 Å². The maximum absolute atomic E-state index is 14.4. The Balaban J connectivity index is 0.00000588. The topological polar surface area (TPSA) is 89.0 Å². The minimum atomic E-state index is -0.877. The van der Waals surface area contributed by atoms with Crippen molar-refractivity contribution in [3.05, 3.63) is 65.0 Å². The van der Waals surface area contributed by atoms with Crippen LogP contribution in [0.25, 0.3) is 0 Å². The molecule has 0 radical (unpaired) electrons. The summed E-state index contributed by atoms with van der Waals surface area (Å²) in [4.78, 5) is 12.1. The van der Waals surface area contributed by atoms with Crippen LogP contribution in [0.3, 0.4) is 0 Å². The van der Waals surface area contributed by atoms with Crippen molar-refractivity contribution in [1.82, 2.24) is 10.6 Å². The highest BCUT2D eigenvalue weighted by atomic mass is 35.5. The zero-order valence-electron chi connectivity index (χ0n) is 24.9. The van der Waals surface area contributed by atoms with Crippen molar-refractivity contribution in [1.29, 1.82) is 0 Å². The van der Waals surface area contributed by atoms with Gasteiger partial charge in [-0.3, -0.25) is 4.79 Å². The summed E-state index contributed by atoms with van der Waals surface area (Å²) < 4.78 is 30.5. The largest absolute Gasteiger partial charge is 0.491 e. The Kier molecular flexibility index (Phi) is 15.1. The van der Waals surface area contributed by atoms with Gasteiger partial charge < -0.3 is 30.0 Å². The van der Waals surface area contributed by atoms with E-state index in [1.165, 1.54) is 36.6 Å². The molecule has 7 nitrogen and oxygen atoms in total. The van der Waals surface area contributed by atoms with Crippen LogP contribution >= 0.6 is 12.4 Å². The molecular formula is C32H48ClFN2O5. The maximum Gasteiger partial charge on any atom is 0.217 e. The van der Waals surface area contributed by atoms with E-state index in [1.54, 1.807) is 13.2 Å². The minimum absolute atomic E-state index is 0. The number of carbonyl (C=O) groups excluding carboxylic acids is 1. The summed E-state index contributed by atoms with van der Waals surface area (Å²) in [6, 6.07) is 12.6. The summed E-state index contributed by atoms with van der Waals surface area (Å²) in [7, 11) is 1.61. The van der Waals surface area contributed by atoms with Gasteiger partial charge in [-0.05, 0) is 54.0 Å². The van der Waals surface area contributed by atoms with Crippen LogP contribution < -0.4 is 15.4 Å². The maximum atomic E-state index is 14.4. The third kappa shape index (κ3) is 11.2. The predicted octanol–water partition coefficient (Wildman–Crippen LogP) is 5.27. The number of rotatable bonds is 16. The second-order valence-electron chi connectivity index (χ2n) is 11.1. The van der Waals surface area contributed by atoms with Gasteiger partial charge in [0, 0.05) is 32.2 Å². The van der Waals surface area contributed by atoms with Gasteiger partial charge in [0.25, 0.3) is 0 Å². The normalized spacial score (nSPS) is 16.1. The lowest BCUT2D eigenvalue weighted by atomic mass is 9.75. The van der Waals surface area contributed by atoms with E-state index in [2.05, 4.69) is 48.7 Å². The molecule has 0 heterocycles. The zero-order chi connectivity index (χ0) is 29.0. The molecule has 3 rings (SSSR count). The molecule has 3 N–H and O–H groups in total. The van der Waals surface area contributed by atoms with Gasteiger partial charge in [-0.2, -0.15) is 0 Å². The van der Waals surface area contributed by atoms with E-state index >= 15 is 0 Å². The fourth-order valence-corrected chi connectivity index (χ4v) is 5.44. The van der Waals surface area contributed by atoms with Gasteiger partial charge >= 0.3 is 0 Å². The first kappa shape index (κ1) is 35.0. The van der Waals surface area contributed by atoms with Gasteiger partial charge in [0.05, 0.1) is 32.0 Å². The fraction of sp³-hybridized carbons (Fsp3) is 0.594. The number of carbonyl (C=O) groups is 1. The molecule has 230 valence electrons. The number of hydrogen-bond acceptors (Lipinski definition) is 6. The second-order valence-corrected chi connectivity index (χ2v) is 11.1. The van der Waals surface area contributed by atoms with Gasteiger partial charge in [-0.1, -0.05) is 57.4 Å². The fourth-order valence-electron chi connectivity index (χ4n) is 5.44.